The van der Waals surface area contributed by atoms with Crippen LogP contribution in [0.5, 0.6) is 0 Å². The van der Waals surface area contributed by atoms with Gasteiger partial charge < -0.3 is 15.3 Å². The first-order valence-electron chi connectivity index (χ1n) is 14.1. The molecule has 11 nitrogen and oxygen atoms in total. The lowest BCUT2D eigenvalue weighted by atomic mass is 10.0. The second-order valence-electron chi connectivity index (χ2n) is 11.9. The fourth-order valence-corrected chi connectivity index (χ4v) is 6.46. The lowest BCUT2D eigenvalue weighted by Gasteiger charge is -2.27. The molecule has 2 fully saturated rings. The molecule has 12 heteroatoms. The van der Waals surface area contributed by atoms with Crippen molar-refractivity contribution < 1.29 is 19.5 Å². The van der Waals surface area contributed by atoms with Crippen molar-refractivity contribution in [2.45, 2.75) is 72.2 Å². The molecule has 4 aromatic rings. The zero-order valence-electron chi connectivity index (χ0n) is 24.6. The predicted octanol–water partition coefficient (Wildman–Crippen LogP) is 4.54. The molecule has 0 bridgehead atoms. The second-order valence-corrected chi connectivity index (χ2v) is 12.8. The highest BCUT2D eigenvalue weighted by molar-refractivity contribution is 9.10. The van der Waals surface area contributed by atoms with E-state index in [0.717, 1.165) is 23.1 Å². The Bertz CT molecular complexity index is 1800. The number of nitrogens with one attached hydrogen (secondary N) is 1. The van der Waals surface area contributed by atoms with Crippen LogP contribution in [0.4, 0.5) is 5.82 Å². The summed E-state index contributed by atoms with van der Waals surface area (Å²) in [6, 6.07) is 6.75. The second kappa shape index (κ2) is 10.6. The number of aryl methyl sites for hydroxylation is 2. The number of hydrogen-bond donors (Lipinski definition) is 2. The number of fused-ring (bicyclic) bond motifs is 2. The molecule has 1 aromatic carbocycles. The number of nitrogens with zero attached hydrogens (tertiary/aromatic N) is 6. The van der Waals surface area contributed by atoms with E-state index in [1.807, 2.05) is 38.1 Å². The smallest absolute Gasteiger partial charge is 0.248 e. The van der Waals surface area contributed by atoms with Crippen molar-refractivity contribution in [3.63, 3.8) is 0 Å². The van der Waals surface area contributed by atoms with Gasteiger partial charge in [0.1, 0.15) is 28.7 Å². The number of pyridine rings is 1. The molecule has 1 aliphatic heterocycles. The summed E-state index contributed by atoms with van der Waals surface area (Å²) >= 11 is 3.35. The maximum absolute atomic E-state index is 13.9. The molecule has 222 valence electrons. The summed E-state index contributed by atoms with van der Waals surface area (Å²) in [5, 5.41) is 17.9. The molecule has 6 rings (SSSR count). The Hall–Kier alpha value is -4.03. The fourth-order valence-electron chi connectivity index (χ4n) is 6.15. The van der Waals surface area contributed by atoms with Crippen molar-refractivity contribution >= 4 is 50.2 Å². The summed E-state index contributed by atoms with van der Waals surface area (Å²) < 4.78 is 2.18. The number of Topliss-reactive ketones (excluding diaryl/α,β-unsaturated/α-hetero) is 1. The van der Waals surface area contributed by atoms with Gasteiger partial charge in [-0.25, -0.2) is 4.98 Å². The highest BCUT2D eigenvalue weighted by Gasteiger charge is 2.64. The van der Waals surface area contributed by atoms with E-state index in [0.29, 0.717) is 39.1 Å². The first kappa shape index (κ1) is 29.1. The minimum Gasteiger partial charge on any atom is -0.387 e. The molecule has 43 heavy (non-hydrogen) atoms. The number of rotatable bonds is 7. The largest absolute Gasteiger partial charge is 0.387 e. The third-order valence-corrected chi connectivity index (χ3v) is 9.02. The van der Waals surface area contributed by atoms with Crippen molar-refractivity contribution in [2.75, 3.05) is 5.32 Å². The Kier molecular flexibility index (Phi) is 7.16. The van der Waals surface area contributed by atoms with Gasteiger partial charge in [0.25, 0.3) is 0 Å². The van der Waals surface area contributed by atoms with Gasteiger partial charge in [0.15, 0.2) is 5.78 Å². The molecular formula is C31H32BrN7O4. The first-order chi connectivity index (χ1) is 20.4. The number of aliphatic hydroxyl groups excluding tert-OH is 1. The molecule has 0 radical (unpaired) electrons. The van der Waals surface area contributed by atoms with Crippen molar-refractivity contribution in [3.05, 3.63) is 63.8 Å². The highest BCUT2D eigenvalue weighted by atomic mass is 79.9. The number of carbonyl (C=O) groups is 3. The van der Waals surface area contributed by atoms with Gasteiger partial charge >= 0.3 is 0 Å². The maximum Gasteiger partial charge on any atom is 0.248 e. The Labute approximate surface area is 256 Å². The van der Waals surface area contributed by atoms with Crippen LogP contribution in [0.25, 0.3) is 22.2 Å². The highest BCUT2D eigenvalue weighted by Crippen LogP contribution is 2.59. The van der Waals surface area contributed by atoms with E-state index in [9.17, 15) is 19.5 Å². The predicted molar refractivity (Wildman–Crippen MR) is 163 cm³/mol. The van der Waals surface area contributed by atoms with E-state index in [1.54, 1.807) is 22.7 Å². The van der Waals surface area contributed by atoms with Crippen molar-refractivity contribution in [1.82, 2.24) is 29.6 Å². The van der Waals surface area contributed by atoms with Crippen molar-refractivity contribution in [2.24, 2.45) is 5.41 Å². The van der Waals surface area contributed by atoms with Gasteiger partial charge in [-0.15, -0.1) is 0 Å². The Morgan fingerprint density at radius 2 is 1.91 bits per heavy atom. The quantitative estimate of drug-likeness (QED) is 0.220. The standard InChI is InChI=1S/C31H32BrN7O4/c1-15-6-7-25(32)35-29(15)36-30(43)23-10-31(5)11-24(31)39(23)26(42)14-38-28-16(2)8-19(9-20(28)27(37-38)18(4)41)22-13-33-21(12-34-22)17(3)40/h6-9,12-13,17,23-24,40H,10-11,14H2,1-5H3,(H,35,36,43)/t17?,23-,24+,31-/m0/s1. The Balaban J connectivity index is 1.31. The number of piperidine rings is 1. The summed E-state index contributed by atoms with van der Waals surface area (Å²) in [6.07, 6.45) is 3.78. The molecule has 1 saturated heterocycles. The number of halogens is 1. The molecular weight excluding hydrogens is 614 g/mol. The van der Waals surface area contributed by atoms with E-state index in [-0.39, 0.29) is 41.3 Å². The van der Waals surface area contributed by atoms with E-state index < -0.39 is 12.1 Å². The van der Waals surface area contributed by atoms with Gasteiger partial charge in [0.05, 0.1) is 35.4 Å². The molecule has 0 spiro atoms. The maximum atomic E-state index is 13.9. The molecule has 1 unspecified atom stereocenters. The molecule has 3 aromatic heterocycles. The number of aromatic nitrogens is 5. The van der Waals surface area contributed by atoms with E-state index in [4.69, 9.17) is 0 Å². The summed E-state index contributed by atoms with van der Waals surface area (Å²) in [4.78, 5) is 54.9. The molecule has 2 aliphatic rings. The number of ketones is 1. The van der Waals surface area contributed by atoms with Crippen LogP contribution in [0.3, 0.4) is 0 Å². The lowest BCUT2D eigenvalue weighted by Crippen LogP contribution is -2.47. The van der Waals surface area contributed by atoms with Crippen molar-refractivity contribution in [1.29, 1.82) is 0 Å². The molecule has 1 aliphatic carbocycles. The van der Waals surface area contributed by atoms with Crippen LogP contribution in [-0.4, -0.2) is 64.4 Å². The number of likely N-dealkylation sites (tertiary alicyclic amines) is 1. The minimum absolute atomic E-state index is 0.0303. The molecule has 2 amide bonds. The number of aliphatic hydroxyl groups is 1. The van der Waals surface area contributed by atoms with E-state index in [1.165, 1.54) is 13.1 Å². The number of hydrogen-bond acceptors (Lipinski definition) is 8. The number of amides is 2. The number of anilines is 1. The van der Waals surface area contributed by atoms with Gasteiger partial charge in [-0.05, 0) is 84.3 Å². The fraction of sp³-hybridized carbons (Fsp3) is 0.387. The average molecular weight is 647 g/mol. The van der Waals surface area contributed by atoms with Gasteiger partial charge in [-0.3, -0.25) is 29.0 Å². The van der Waals surface area contributed by atoms with E-state index in [2.05, 4.69) is 48.2 Å². The third kappa shape index (κ3) is 5.22. The van der Waals surface area contributed by atoms with Crippen LogP contribution in [-0.2, 0) is 16.1 Å². The van der Waals surface area contributed by atoms with E-state index >= 15 is 0 Å². The summed E-state index contributed by atoms with van der Waals surface area (Å²) in [6.45, 7) is 8.82. The zero-order valence-corrected chi connectivity index (χ0v) is 26.1. The summed E-state index contributed by atoms with van der Waals surface area (Å²) in [7, 11) is 0. The van der Waals surface area contributed by atoms with Crippen LogP contribution < -0.4 is 5.32 Å². The summed E-state index contributed by atoms with van der Waals surface area (Å²) in [5.41, 5.74) is 4.23. The van der Waals surface area contributed by atoms with Crippen LogP contribution in [0.15, 0.2) is 41.3 Å². The Morgan fingerprint density at radius 3 is 2.58 bits per heavy atom. The third-order valence-electron chi connectivity index (χ3n) is 8.58. The normalized spacial score (nSPS) is 21.5. The molecule has 2 N–H and O–H groups in total. The molecule has 4 heterocycles. The lowest BCUT2D eigenvalue weighted by molar-refractivity contribution is -0.138. The van der Waals surface area contributed by atoms with Gasteiger partial charge in [0.2, 0.25) is 11.8 Å². The SMILES string of the molecule is CC(=O)c1nn(CC(=O)N2[C@H](C(=O)Nc3nc(Br)ccc3C)C[C@@]3(C)C[C@@H]23)c2c(C)cc(-c3cnc(C(C)O)cn3)cc12. The monoisotopic (exact) mass is 645 g/mol. The minimum atomic E-state index is -0.734. The molecule has 1 saturated carbocycles. The van der Waals surface area contributed by atoms with Gasteiger partial charge in [0, 0.05) is 23.9 Å². The van der Waals surface area contributed by atoms with Crippen LogP contribution in [0, 0.1) is 19.3 Å². The molecule has 4 atom stereocenters. The summed E-state index contributed by atoms with van der Waals surface area (Å²) in [5.74, 6) is -0.270. The zero-order chi connectivity index (χ0) is 30.8. The van der Waals surface area contributed by atoms with Gasteiger partial charge in [-0.2, -0.15) is 5.10 Å². The Morgan fingerprint density at radius 1 is 1.14 bits per heavy atom. The van der Waals surface area contributed by atoms with Crippen LogP contribution in [0.1, 0.15) is 67.0 Å². The van der Waals surface area contributed by atoms with Crippen molar-refractivity contribution in [3.8, 4) is 11.3 Å². The van der Waals surface area contributed by atoms with Crippen LogP contribution in [0.2, 0.25) is 0 Å². The average Bonchev–Trinajstić information content (AvgIpc) is 3.31. The van der Waals surface area contributed by atoms with Crippen LogP contribution >= 0.6 is 15.9 Å². The topological polar surface area (TPSA) is 143 Å². The number of benzene rings is 1. The number of carbonyl (C=O) groups excluding carboxylic acids is 3. The first-order valence-corrected chi connectivity index (χ1v) is 14.9. The van der Waals surface area contributed by atoms with Gasteiger partial charge in [-0.1, -0.05) is 13.0 Å².